The first kappa shape index (κ1) is 36.9. The molecule has 4 rings (SSSR count). The van der Waals surface area contributed by atoms with Gasteiger partial charge in [-0.1, -0.05) is 64.2 Å². The highest BCUT2D eigenvalue weighted by molar-refractivity contribution is 7.97. The number of hydrogen-bond acceptors (Lipinski definition) is 6. The topological polar surface area (TPSA) is 92.7 Å². The van der Waals surface area contributed by atoms with Crippen LogP contribution in [0.25, 0.3) is 0 Å². The van der Waals surface area contributed by atoms with Crippen LogP contribution < -0.4 is 4.74 Å². The number of esters is 1. The summed E-state index contributed by atoms with van der Waals surface area (Å²) in [7, 11) is -6.75. The zero-order chi connectivity index (χ0) is 29.9. The van der Waals surface area contributed by atoms with Crippen LogP contribution in [0.4, 0.5) is 22.0 Å². The fraction of sp³-hybridized carbons (Fsp3) is 0.345. The van der Waals surface area contributed by atoms with Gasteiger partial charge in [0.05, 0.1) is 5.41 Å². The van der Waals surface area contributed by atoms with Gasteiger partial charge in [-0.2, -0.15) is 22.0 Å². The molecule has 1 aliphatic heterocycles. The van der Waals surface area contributed by atoms with Crippen molar-refractivity contribution in [2.45, 2.75) is 74.3 Å². The van der Waals surface area contributed by atoms with E-state index in [-0.39, 0.29) is 32.2 Å². The van der Waals surface area contributed by atoms with Crippen molar-refractivity contribution in [1.29, 1.82) is 0 Å². The maximum Gasteiger partial charge on any atom is 0.432 e. The van der Waals surface area contributed by atoms with Crippen molar-refractivity contribution in [3.05, 3.63) is 78.9 Å². The van der Waals surface area contributed by atoms with E-state index in [9.17, 15) is 39.7 Å². The van der Waals surface area contributed by atoms with Crippen LogP contribution in [0, 0.1) is 5.41 Å². The maximum absolute atomic E-state index is 13.0. The normalized spacial score (nSPS) is 13.8. The van der Waals surface area contributed by atoms with Gasteiger partial charge in [-0.3, -0.25) is 4.79 Å². The highest BCUT2D eigenvalue weighted by atomic mass is 32.2. The molecule has 0 bridgehead atoms. The van der Waals surface area contributed by atoms with Gasteiger partial charge in [0.2, 0.25) is 9.79 Å². The quantitative estimate of drug-likeness (QED) is 0.0917. The van der Waals surface area contributed by atoms with Crippen LogP contribution in [0.15, 0.2) is 93.5 Å². The fourth-order valence-electron chi connectivity index (χ4n) is 3.32. The summed E-state index contributed by atoms with van der Waals surface area (Å²) >= 11 is 0. The molecule has 0 aliphatic carbocycles. The summed E-state index contributed by atoms with van der Waals surface area (Å²) in [6, 6.07) is 27.3. The lowest BCUT2D eigenvalue weighted by molar-refractivity contribution is -0.262. The summed E-state index contributed by atoms with van der Waals surface area (Å²) in [5.41, 5.74) is -1.55. The number of fused-ring (bicyclic) bond motifs is 2. The van der Waals surface area contributed by atoms with Crippen molar-refractivity contribution < 1.29 is 49.2 Å². The molecule has 0 saturated carbocycles. The van der Waals surface area contributed by atoms with Gasteiger partial charge in [0.25, 0.3) is 6.10 Å². The number of hydrogen-bond donors (Lipinski definition) is 0. The van der Waals surface area contributed by atoms with Crippen LogP contribution in [0.5, 0.6) is 11.5 Å². The van der Waals surface area contributed by atoms with E-state index in [1.807, 2.05) is 24.3 Å². The van der Waals surface area contributed by atoms with Crippen molar-refractivity contribution in [3.8, 4) is 11.5 Å². The lowest BCUT2D eigenvalue weighted by Gasteiger charge is -2.32. The second-order valence-electron chi connectivity index (χ2n) is 9.20. The molecule has 42 heavy (non-hydrogen) atoms. The van der Waals surface area contributed by atoms with E-state index in [0.717, 1.165) is 25.3 Å². The minimum Gasteiger partial charge on any atom is -0.743 e. The lowest BCUT2D eigenvalue weighted by Crippen LogP contribution is -2.53. The van der Waals surface area contributed by atoms with Crippen LogP contribution in [-0.4, -0.2) is 36.5 Å². The second-order valence-corrected chi connectivity index (χ2v) is 12.6. The smallest absolute Gasteiger partial charge is 0.432 e. The Kier molecular flexibility index (Phi) is 12.2. The monoisotopic (exact) mass is 636 g/mol. The molecule has 0 fully saturated rings. The molecule has 0 radical (unpaired) electrons. The zero-order valence-corrected chi connectivity index (χ0v) is 23.1. The Hall–Kier alpha value is -3.16. The van der Waals surface area contributed by atoms with Crippen molar-refractivity contribution in [2.24, 2.45) is 5.41 Å². The van der Waals surface area contributed by atoms with Gasteiger partial charge < -0.3 is 14.0 Å². The molecule has 0 N–H and O–H groups in total. The molecule has 6 nitrogen and oxygen atoms in total. The van der Waals surface area contributed by atoms with Gasteiger partial charge in [0, 0.05) is 0 Å². The average molecular weight is 637 g/mol. The van der Waals surface area contributed by atoms with Crippen LogP contribution in [0.3, 0.4) is 0 Å². The summed E-state index contributed by atoms with van der Waals surface area (Å²) in [4.78, 5) is 15.2. The maximum atomic E-state index is 13.0. The third-order valence-electron chi connectivity index (χ3n) is 5.93. The number of carbonyl (C=O) groups excluding carboxylic acids is 1. The first-order valence-electron chi connectivity index (χ1n) is 11.8. The standard InChI is InChI=1S/C18H13OS.C9H13F5O5S.2CH4/c1-2-8-14(9-3-1)20-17-12-6-4-10-15(17)19-16-11-5-7-13-18(16)20;1-4-7(2,3)6(15)19-5(8(10,11)12)9(13,14)20(16,17)18;;/h1-13H;5H,4H2,1-3H3,(H,16,17,18);2*1H4/q+1;;;/p-1. The summed E-state index contributed by atoms with van der Waals surface area (Å²) in [6.07, 6.45) is -10.3. The predicted octanol–water partition coefficient (Wildman–Crippen LogP) is 8.19. The minimum atomic E-state index is -6.66. The molecule has 0 saturated heterocycles. The molecule has 1 atom stereocenters. The third kappa shape index (κ3) is 8.01. The molecule has 1 heterocycles. The molecular formula is C29H33F5O6S2. The molecule has 232 valence electrons. The van der Waals surface area contributed by atoms with E-state index in [1.54, 1.807) is 0 Å². The Morgan fingerprint density at radius 3 is 1.69 bits per heavy atom. The molecule has 1 aliphatic rings. The molecule has 0 amide bonds. The van der Waals surface area contributed by atoms with E-state index < -0.39 is 39.0 Å². The Morgan fingerprint density at radius 2 is 1.29 bits per heavy atom. The summed E-state index contributed by atoms with van der Waals surface area (Å²) < 4.78 is 104. The van der Waals surface area contributed by atoms with Gasteiger partial charge >= 0.3 is 17.4 Å². The first-order valence-corrected chi connectivity index (χ1v) is 14.4. The summed E-state index contributed by atoms with van der Waals surface area (Å²) in [5, 5.41) is -5.81. The average Bonchev–Trinajstić information content (AvgIpc) is 2.89. The lowest BCUT2D eigenvalue weighted by atomic mass is 9.90. The number of halogens is 5. The zero-order valence-electron chi connectivity index (χ0n) is 21.4. The second kappa shape index (κ2) is 13.9. The highest BCUT2D eigenvalue weighted by Crippen LogP contribution is 2.46. The molecule has 1 unspecified atom stereocenters. The Bertz CT molecular complexity index is 1400. The van der Waals surface area contributed by atoms with Crippen molar-refractivity contribution in [1.82, 2.24) is 0 Å². The van der Waals surface area contributed by atoms with Crippen molar-refractivity contribution >= 4 is 27.0 Å². The minimum absolute atomic E-state index is 0. The van der Waals surface area contributed by atoms with Crippen LogP contribution in [-0.2, 0) is 30.5 Å². The number of para-hydroxylation sites is 2. The number of ether oxygens (including phenoxy) is 2. The molecule has 13 heteroatoms. The first-order chi connectivity index (χ1) is 18.5. The van der Waals surface area contributed by atoms with E-state index in [4.69, 9.17) is 4.74 Å². The predicted molar refractivity (Wildman–Crippen MR) is 150 cm³/mol. The Labute approximate surface area is 246 Å². The molecule has 3 aromatic carbocycles. The number of carbonyl (C=O) groups is 1. The van der Waals surface area contributed by atoms with Gasteiger partial charge in [-0.05, 0) is 56.7 Å². The van der Waals surface area contributed by atoms with Gasteiger partial charge in [0.1, 0.15) is 10.9 Å². The molecular weight excluding hydrogens is 603 g/mol. The van der Waals surface area contributed by atoms with E-state index in [0.29, 0.717) is 0 Å². The number of benzene rings is 3. The van der Waals surface area contributed by atoms with E-state index in [2.05, 4.69) is 59.3 Å². The SMILES string of the molecule is C.C.CCC(C)(C)C(=O)OC(C(F)(F)F)C(F)(F)S(=O)(=O)[O-].c1ccc([S+]2c3ccccc3Oc3ccccc32)cc1. The highest BCUT2D eigenvalue weighted by Gasteiger charge is 2.63. The Morgan fingerprint density at radius 1 is 0.857 bits per heavy atom. The van der Waals surface area contributed by atoms with Crippen LogP contribution in [0.1, 0.15) is 42.0 Å². The molecule has 0 spiro atoms. The fourth-order valence-corrected chi connectivity index (χ4v) is 5.99. The van der Waals surface area contributed by atoms with E-state index >= 15 is 0 Å². The van der Waals surface area contributed by atoms with Crippen LogP contribution in [0.2, 0.25) is 0 Å². The largest absolute Gasteiger partial charge is 0.743 e. The van der Waals surface area contributed by atoms with E-state index in [1.165, 1.54) is 21.6 Å². The summed E-state index contributed by atoms with van der Waals surface area (Å²) in [6.45, 7) is 3.62. The van der Waals surface area contributed by atoms with Crippen LogP contribution >= 0.6 is 0 Å². The van der Waals surface area contributed by atoms with Crippen molar-refractivity contribution in [3.63, 3.8) is 0 Å². The van der Waals surface area contributed by atoms with Gasteiger partial charge in [0.15, 0.2) is 26.5 Å². The number of rotatable bonds is 6. The third-order valence-corrected chi connectivity index (χ3v) is 9.11. The van der Waals surface area contributed by atoms with Gasteiger partial charge in [-0.15, -0.1) is 0 Å². The van der Waals surface area contributed by atoms with Crippen molar-refractivity contribution in [2.75, 3.05) is 0 Å². The summed E-state index contributed by atoms with van der Waals surface area (Å²) in [5.74, 6) is 0.252. The van der Waals surface area contributed by atoms with Gasteiger partial charge in [-0.25, -0.2) is 8.42 Å². The number of alkyl halides is 5. The molecule has 3 aromatic rings. The Balaban J connectivity index is 0.000000401. The molecule has 0 aromatic heterocycles.